The average molecular weight is 472 g/mol. The van der Waals surface area contributed by atoms with E-state index >= 15 is 0 Å². The van der Waals surface area contributed by atoms with Crippen LogP contribution in [0, 0.1) is 0 Å². The Bertz CT molecular complexity index is 1070. The number of H-pyrrole nitrogens is 1. The molecule has 3 aromatic rings. The molecule has 0 atom stereocenters. The van der Waals surface area contributed by atoms with Crippen LogP contribution in [0.2, 0.25) is 15.1 Å². The van der Waals surface area contributed by atoms with Crippen molar-refractivity contribution in [3.05, 3.63) is 57.0 Å². The molecule has 2 N–H and O–H groups in total. The maximum absolute atomic E-state index is 12.2. The number of methoxy groups -OCH3 is 1. The second-order valence-electron chi connectivity index (χ2n) is 5.61. The third-order valence-corrected chi connectivity index (χ3v) is 5.37. The monoisotopic (exact) mass is 470 g/mol. The van der Waals surface area contributed by atoms with E-state index in [-0.39, 0.29) is 17.2 Å². The number of aromatic amines is 1. The number of anilines is 1. The quantitative estimate of drug-likeness (QED) is 0.390. The van der Waals surface area contributed by atoms with E-state index in [1.165, 1.54) is 25.3 Å². The molecule has 0 radical (unpaired) electrons. The summed E-state index contributed by atoms with van der Waals surface area (Å²) < 4.78 is 4.66. The van der Waals surface area contributed by atoms with Crippen molar-refractivity contribution in [1.29, 1.82) is 0 Å². The third kappa shape index (κ3) is 5.42. The van der Waals surface area contributed by atoms with E-state index in [4.69, 9.17) is 34.8 Å². The molecule has 0 saturated carbocycles. The smallest absolute Gasteiger partial charge is 0.337 e. The van der Waals surface area contributed by atoms with E-state index in [1.807, 2.05) is 0 Å². The van der Waals surface area contributed by atoms with Crippen LogP contribution in [-0.4, -0.2) is 39.9 Å². The summed E-state index contributed by atoms with van der Waals surface area (Å²) in [5, 5.41) is 11.1. The molecule has 29 heavy (non-hydrogen) atoms. The molecule has 0 fully saturated rings. The Morgan fingerprint density at radius 1 is 1.14 bits per heavy atom. The molecule has 0 aliphatic heterocycles. The van der Waals surface area contributed by atoms with Gasteiger partial charge in [-0.2, -0.15) is 0 Å². The molecule has 0 spiro atoms. The van der Waals surface area contributed by atoms with Gasteiger partial charge in [0.1, 0.15) is 0 Å². The Labute approximate surface area is 185 Å². The van der Waals surface area contributed by atoms with Crippen molar-refractivity contribution >= 4 is 64.1 Å². The lowest BCUT2D eigenvalue weighted by Crippen LogP contribution is -2.15. The van der Waals surface area contributed by atoms with Crippen LogP contribution in [-0.2, 0) is 9.53 Å². The summed E-state index contributed by atoms with van der Waals surface area (Å²) in [6, 6.07) is 9.49. The van der Waals surface area contributed by atoms with Crippen LogP contribution in [0.25, 0.3) is 11.4 Å². The number of hydrogen-bond donors (Lipinski definition) is 2. The highest BCUT2D eigenvalue weighted by Crippen LogP contribution is 2.29. The number of nitrogens with one attached hydrogen (secondary N) is 2. The highest BCUT2D eigenvalue weighted by Gasteiger charge is 2.14. The highest BCUT2D eigenvalue weighted by atomic mass is 35.5. The summed E-state index contributed by atoms with van der Waals surface area (Å²) in [5.41, 5.74) is 1.23. The number of ether oxygens (including phenoxy) is 1. The predicted octanol–water partition coefficient (Wildman–Crippen LogP) is 4.95. The zero-order chi connectivity index (χ0) is 21.0. The number of rotatable bonds is 6. The van der Waals surface area contributed by atoms with Crippen LogP contribution >= 0.6 is 46.6 Å². The van der Waals surface area contributed by atoms with Crippen molar-refractivity contribution in [2.45, 2.75) is 5.16 Å². The Kier molecular flexibility index (Phi) is 7.02. The van der Waals surface area contributed by atoms with Gasteiger partial charge in [0.15, 0.2) is 5.82 Å². The van der Waals surface area contributed by atoms with E-state index in [2.05, 4.69) is 25.2 Å². The van der Waals surface area contributed by atoms with Crippen LogP contribution in [0.3, 0.4) is 0 Å². The third-order valence-electron chi connectivity index (χ3n) is 3.65. The molecule has 0 aliphatic carbocycles. The van der Waals surface area contributed by atoms with Gasteiger partial charge in [0, 0.05) is 10.6 Å². The van der Waals surface area contributed by atoms with Gasteiger partial charge in [-0.15, -0.1) is 5.10 Å². The lowest BCUT2D eigenvalue weighted by atomic mass is 10.2. The summed E-state index contributed by atoms with van der Waals surface area (Å²) in [6.07, 6.45) is 0. The van der Waals surface area contributed by atoms with Crippen LogP contribution in [0.4, 0.5) is 5.69 Å². The number of aromatic nitrogens is 3. The first-order valence-electron chi connectivity index (χ1n) is 8.05. The lowest BCUT2D eigenvalue weighted by Gasteiger charge is -2.08. The van der Waals surface area contributed by atoms with Crippen molar-refractivity contribution in [3.63, 3.8) is 0 Å². The summed E-state index contributed by atoms with van der Waals surface area (Å²) >= 11 is 19.3. The molecule has 3 rings (SSSR count). The van der Waals surface area contributed by atoms with Crippen molar-refractivity contribution in [2.75, 3.05) is 18.2 Å². The minimum Gasteiger partial charge on any atom is -0.465 e. The van der Waals surface area contributed by atoms with Crippen molar-refractivity contribution in [1.82, 2.24) is 15.2 Å². The molecule has 0 saturated heterocycles. The van der Waals surface area contributed by atoms with Crippen LogP contribution < -0.4 is 5.32 Å². The molecule has 2 aromatic carbocycles. The molecule has 1 heterocycles. The van der Waals surface area contributed by atoms with Crippen molar-refractivity contribution in [3.8, 4) is 11.4 Å². The standard InChI is InChI=1S/C18H13Cl3N4O3S/c1-28-17(27)9-2-5-12(20)14(6-9)22-15(26)8-29-18-23-16(24-25-18)11-4-3-10(19)7-13(11)21/h2-7H,8H2,1H3,(H,22,26)(H,23,24,25). The van der Waals surface area contributed by atoms with E-state index in [9.17, 15) is 9.59 Å². The first-order chi connectivity index (χ1) is 13.9. The average Bonchev–Trinajstić information content (AvgIpc) is 3.16. The van der Waals surface area contributed by atoms with E-state index in [1.54, 1.807) is 18.2 Å². The fraction of sp³-hybridized carbons (Fsp3) is 0.111. The number of halogens is 3. The Morgan fingerprint density at radius 2 is 1.93 bits per heavy atom. The fourth-order valence-electron chi connectivity index (χ4n) is 2.30. The second kappa shape index (κ2) is 9.49. The van der Waals surface area contributed by atoms with Gasteiger partial charge >= 0.3 is 5.97 Å². The molecule has 150 valence electrons. The number of nitrogens with zero attached hydrogens (tertiary/aromatic N) is 2. The molecule has 1 aromatic heterocycles. The number of hydrogen-bond acceptors (Lipinski definition) is 6. The van der Waals surface area contributed by atoms with Gasteiger partial charge in [-0.3, -0.25) is 9.89 Å². The topological polar surface area (TPSA) is 97.0 Å². The molecule has 7 nitrogen and oxygen atoms in total. The van der Waals surface area contributed by atoms with Crippen molar-refractivity contribution < 1.29 is 14.3 Å². The number of esters is 1. The van der Waals surface area contributed by atoms with E-state index < -0.39 is 5.97 Å². The van der Waals surface area contributed by atoms with E-state index in [0.29, 0.717) is 37.3 Å². The SMILES string of the molecule is COC(=O)c1ccc(Cl)c(NC(=O)CSc2n[nH]c(-c3ccc(Cl)cc3Cl)n2)c1. The minimum absolute atomic E-state index is 0.0322. The second-order valence-corrected chi connectivity index (χ2v) is 7.81. The van der Waals surface area contributed by atoms with E-state index in [0.717, 1.165) is 11.8 Å². The van der Waals surface area contributed by atoms with Gasteiger partial charge in [0.05, 0.1) is 34.2 Å². The normalized spacial score (nSPS) is 10.6. The predicted molar refractivity (Wildman–Crippen MR) is 114 cm³/mol. The molecular weight excluding hydrogens is 459 g/mol. The zero-order valence-electron chi connectivity index (χ0n) is 14.8. The maximum Gasteiger partial charge on any atom is 0.337 e. The fourth-order valence-corrected chi connectivity index (χ4v) is 3.56. The minimum atomic E-state index is -0.527. The van der Waals surface area contributed by atoms with Gasteiger partial charge in [0.25, 0.3) is 0 Å². The van der Waals surface area contributed by atoms with Crippen LogP contribution in [0.5, 0.6) is 0 Å². The number of amides is 1. The van der Waals surface area contributed by atoms with Gasteiger partial charge in [-0.25, -0.2) is 9.78 Å². The largest absolute Gasteiger partial charge is 0.465 e. The highest BCUT2D eigenvalue weighted by molar-refractivity contribution is 7.99. The molecule has 0 bridgehead atoms. The molecular formula is C18H13Cl3N4O3S. The van der Waals surface area contributed by atoms with Crippen molar-refractivity contribution in [2.24, 2.45) is 0 Å². The molecule has 11 heteroatoms. The maximum atomic E-state index is 12.2. The van der Waals surface area contributed by atoms with Crippen LogP contribution in [0.1, 0.15) is 10.4 Å². The summed E-state index contributed by atoms with van der Waals surface area (Å²) in [6.45, 7) is 0. The number of carbonyl (C=O) groups excluding carboxylic acids is 2. The number of carbonyl (C=O) groups is 2. The lowest BCUT2D eigenvalue weighted by molar-refractivity contribution is -0.113. The first kappa shape index (κ1) is 21.4. The van der Waals surface area contributed by atoms with Gasteiger partial charge < -0.3 is 10.1 Å². The molecule has 0 aliphatic rings. The zero-order valence-corrected chi connectivity index (χ0v) is 17.9. The number of thioether (sulfide) groups is 1. The molecule has 0 unspecified atom stereocenters. The summed E-state index contributed by atoms with van der Waals surface area (Å²) in [4.78, 5) is 28.2. The molecule has 1 amide bonds. The Balaban J connectivity index is 1.63. The van der Waals surface area contributed by atoms with Gasteiger partial charge in [-0.05, 0) is 36.4 Å². The van der Waals surface area contributed by atoms with Gasteiger partial charge in [-0.1, -0.05) is 46.6 Å². The van der Waals surface area contributed by atoms with Gasteiger partial charge in [0.2, 0.25) is 11.1 Å². The summed E-state index contributed by atoms with van der Waals surface area (Å²) in [7, 11) is 1.27. The first-order valence-corrected chi connectivity index (χ1v) is 10.2. The van der Waals surface area contributed by atoms with Crippen LogP contribution in [0.15, 0.2) is 41.6 Å². The number of benzene rings is 2. The summed E-state index contributed by atoms with van der Waals surface area (Å²) in [5.74, 6) is -0.372. The Hall–Kier alpha value is -2.26. The Morgan fingerprint density at radius 3 is 2.66 bits per heavy atom.